The second kappa shape index (κ2) is 15.3. The van der Waals surface area contributed by atoms with Gasteiger partial charge in [-0.15, -0.1) is 24.8 Å². The fraction of sp³-hybridized carbons (Fsp3) is 1.00. The van der Waals surface area contributed by atoms with E-state index in [0.29, 0.717) is 0 Å². The van der Waals surface area contributed by atoms with Crippen LogP contribution >= 0.6 is 24.8 Å². The zero-order valence-corrected chi connectivity index (χ0v) is 20.0. The molecule has 4 saturated heterocycles. The van der Waals surface area contributed by atoms with E-state index in [-0.39, 0.29) is 31.9 Å². The van der Waals surface area contributed by atoms with Crippen LogP contribution in [0.4, 0.5) is 0 Å². The molecule has 0 aromatic carbocycles. The van der Waals surface area contributed by atoms with Gasteiger partial charge in [0.25, 0.3) is 0 Å². The van der Waals surface area contributed by atoms with Gasteiger partial charge in [0.1, 0.15) is 0 Å². The molecule has 0 aromatic rings. The molecule has 0 bridgehead atoms. The van der Waals surface area contributed by atoms with Gasteiger partial charge in [0.05, 0.1) is 0 Å². The third-order valence-electron chi connectivity index (χ3n) is 7.59. The fourth-order valence-corrected chi connectivity index (χ4v) is 5.71. The number of nitrogens with one attached hydrogen (secondary N) is 3. The summed E-state index contributed by atoms with van der Waals surface area (Å²) >= 11 is 0. The van der Waals surface area contributed by atoms with Crippen molar-refractivity contribution in [2.45, 2.75) is 58.2 Å². The van der Waals surface area contributed by atoms with Crippen molar-refractivity contribution in [3.63, 3.8) is 0 Å². The Morgan fingerprint density at radius 3 is 1.14 bits per heavy atom. The van der Waals surface area contributed by atoms with Gasteiger partial charge in [-0.3, -0.25) is 0 Å². The van der Waals surface area contributed by atoms with Crippen LogP contribution in [0.25, 0.3) is 0 Å². The summed E-state index contributed by atoms with van der Waals surface area (Å²) in [6, 6.07) is 0. The third-order valence-corrected chi connectivity index (χ3v) is 7.59. The van der Waals surface area contributed by atoms with E-state index in [1.807, 2.05) is 6.82 Å². The predicted molar refractivity (Wildman–Crippen MR) is 129 cm³/mol. The zero-order valence-electron chi connectivity index (χ0n) is 18.4. The molecule has 8 heteroatoms. The van der Waals surface area contributed by atoms with Gasteiger partial charge < -0.3 is 25.8 Å². The Hall–Kier alpha value is 0.445. The first-order valence-electron chi connectivity index (χ1n) is 11.8. The molecule has 0 aromatic heterocycles. The minimum Gasteiger partial charge on any atom is -0.437 e. The van der Waals surface area contributed by atoms with Gasteiger partial charge in [0.2, 0.25) is 0 Å². The van der Waals surface area contributed by atoms with Crippen LogP contribution in [0.15, 0.2) is 0 Å². The number of nitrogens with zero attached hydrogens (tertiary/aromatic N) is 1. The highest BCUT2D eigenvalue weighted by atomic mass is 35.5. The Bertz CT molecular complexity index is 380. The lowest BCUT2D eigenvalue weighted by atomic mass is 9.75. The monoisotopic (exact) mass is 450 g/mol. The standard InChI is InChI=1S/C11H23BN2O.C10H20N2.2ClH/c1-12(15)14-8-4-11(5-9-14)10-2-6-13-7-3-10;1-5-11-6-2-9(1)10-3-7-12-8-4-10;;/h10-11,13,15H,2-9H2,1H3;9-12H,1-8H2;2*1H. The van der Waals surface area contributed by atoms with Crippen molar-refractivity contribution in [1.29, 1.82) is 0 Å². The molecule has 4 heterocycles. The number of rotatable bonds is 3. The lowest BCUT2D eigenvalue weighted by Gasteiger charge is -2.38. The van der Waals surface area contributed by atoms with Crippen LogP contribution in [0.5, 0.6) is 0 Å². The summed E-state index contributed by atoms with van der Waals surface area (Å²) in [6.45, 7) is 11.5. The van der Waals surface area contributed by atoms with Crippen molar-refractivity contribution in [3.05, 3.63) is 0 Å². The van der Waals surface area contributed by atoms with Crippen molar-refractivity contribution < 1.29 is 5.02 Å². The van der Waals surface area contributed by atoms with Gasteiger partial charge in [-0.2, -0.15) is 0 Å². The van der Waals surface area contributed by atoms with Gasteiger partial charge in [-0.1, -0.05) is 0 Å². The van der Waals surface area contributed by atoms with Crippen LogP contribution < -0.4 is 16.0 Å². The molecule has 0 atom stereocenters. The Balaban J connectivity index is 0.000000277. The van der Waals surface area contributed by atoms with E-state index in [0.717, 1.165) is 36.8 Å². The van der Waals surface area contributed by atoms with E-state index in [1.165, 1.54) is 90.6 Å². The highest BCUT2D eigenvalue weighted by Gasteiger charge is 2.29. The summed E-state index contributed by atoms with van der Waals surface area (Å²) in [6.07, 6.45) is 11.0. The van der Waals surface area contributed by atoms with E-state index >= 15 is 0 Å². The summed E-state index contributed by atoms with van der Waals surface area (Å²) < 4.78 is 0. The Morgan fingerprint density at radius 1 is 0.586 bits per heavy atom. The van der Waals surface area contributed by atoms with Crippen molar-refractivity contribution in [2.24, 2.45) is 23.7 Å². The van der Waals surface area contributed by atoms with E-state index in [9.17, 15) is 5.02 Å². The highest BCUT2D eigenvalue weighted by molar-refractivity contribution is 6.45. The smallest absolute Gasteiger partial charge is 0.376 e. The molecule has 29 heavy (non-hydrogen) atoms. The van der Waals surface area contributed by atoms with Crippen LogP contribution in [-0.2, 0) is 0 Å². The molecule has 172 valence electrons. The van der Waals surface area contributed by atoms with Crippen LogP contribution in [0.1, 0.15) is 51.4 Å². The molecule has 4 aliphatic heterocycles. The van der Waals surface area contributed by atoms with Gasteiger partial charge in [-0.05, 0) is 134 Å². The number of piperidine rings is 4. The normalized spacial score (nSPS) is 25.9. The second-order valence-corrected chi connectivity index (χ2v) is 9.27. The molecule has 4 fully saturated rings. The molecule has 0 amide bonds. The highest BCUT2D eigenvalue weighted by Crippen LogP contribution is 2.31. The minimum atomic E-state index is -0.251. The summed E-state index contributed by atoms with van der Waals surface area (Å²) in [5.74, 6) is 3.94. The second-order valence-electron chi connectivity index (χ2n) is 9.27. The number of halogens is 2. The SMILES string of the molecule is C1CC(C2CCNCC2)CCN1.CB(O)N1CCC(C2CCNCC2)CC1.Cl.Cl. The molecule has 4 N–H and O–H groups in total. The summed E-state index contributed by atoms with van der Waals surface area (Å²) in [7, 11) is -0.251. The first kappa shape index (κ1) is 27.5. The van der Waals surface area contributed by atoms with Crippen molar-refractivity contribution in [2.75, 3.05) is 52.4 Å². The maximum atomic E-state index is 9.49. The average molecular weight is 451 g/mol. The molecule has 4 aliphatic rings. The van der Waals surface area contributed by atoms with E-state index in [1.54, 1.807) is 0 Å². The van der Waals surface area contributed by atoms with Gasteiger partial charge in [0.15, 0.2) is 0 Å². The lowest BCUT2D eigenvalue weighted by molar-refractivity contribution is 0.167. The molecule has 0 spiro atoms. The van der Waals surface area contributed by atoms with E-state index in [2.05, 4.69) is 20.8 Å². The number of hydrogen-bond donors (Lipinski definition) is 4. The van der Waals surface area contributed by atoms with Crippen LogP contribution in [0.3, 0.4) is 0 Å². The van der Waals surface area contributed by atoms with E-state index in [4.69, 9.17) is 0 Å². The van der Waals surface area contributed by atoms with Gasteiger partial charge in [0, 0.05) is 0 Å². The third kappa shape index (κ3) is 9.22. The Morgan fingerprint density at radius 2 is 0.862 bits per heavy atom. The maximum absolute atomic E-state index is 9.49. The molecular formula is C21H45BCl2N4O. The first-order chi connectivity index (χ1) is 13.2. The maximum Gasteiger partial charge on any atom is 0.376 e. The Kier molecular flexibility index (Phi) is 14.5. The van der Waals surface area contributed by atoms with Gasteiger partial charge in [-0.25, -0.2) is 0 Å². The van der Waals surface area contributed by atoms with Crippen LogP contribution in [0.2, 0.25) is 6.82 Å². The molecular weight excluding hydrogens is 406 g/mol. The summed E-state index contributed by atoms with van der Waals surface area (Å²) in [5, 5.41) is 19.8. The molecule has 0 saturated carbocycles. The molecule has 4 rings (SSSR count). The fourth-order valence-electron chi connectivity index (χ4n) is 5.71. The predicted octanol–water partition coefficient (Wildman–Crippen LogP) is 2.64. The molecule has 0 unspecified atom stereocenters. The van der Waals surface area contributed by atoms with Crippen molar-refractivity contribution >= 4 is 31.9 Å². The largest absolute Gasteiger partial charge is 0.437 e. The molecule has 0 aliphatic carbocycles. The van der Waals surface area contributed by atoms with Gasteiger partial charge >= 0.3 is 7.05 Å². The van der Waals surface area contributed by atoms with Crippen LogP contribution in [0, 0.1) is 23.7 Å². The quantitative estimate of drug-likeness (QED) is 0.498. The number of hydrogen-bond acceptors (Lipinski definition) is 5. The minimum absolute atomic E-state index is 0. The topological polar surface area (TPSA) is 59.6 Å². The van der Waals surface area contributed by atoms with Crippen LogP contribution in [-0.4, -0.2) is 69.2 Å². The lowest BCUT2D eigenvalue weighted by Crippen LogP contribution is -2.45. The summed E-state index contributed by atoms with van der Waals surface area (Å²) in [4.78, 5) is 2.19. The average Bonchev–Trinajstić information content (AvgIpc) is 2.76. The van der Waals surface area contributed by atoms with E-state index < -0.39 is 0 Å². The van der Waals surface area contributed by atoms with Crippen molar-refractivity contribution in [1.82, 2.24) is 20.8 Å². The van der Waals surface area contributed by atoms with Crippen molar-refractivity contribution in [3.8, 4) is 0 Å². The first-order valence-corrected chi connectivity index (χ1v) is 11.8. The molecule has 0 radical (unpaired) electrons. The molecule has 5 nitrogen and oxygen atoms in total. The zero-order chi connectivity index (χ0) is 18.9. The summed E-state index contributed by atoms with van der Waals surface area (Å²) in [5.41, 5.74) is 0. The Labute approximate surface area is 191 Å².